The number of benzene rings is 1. The standard InChI is InChI=1S/C12H15ClN2O2/c13-12(9-14-6-1-2-7-14)10-4-3-5-11(8-10)15(16)17/h3-5,8,12H,1-2,6-7,9H2. The molecule has 4 nitrogen and oxygen atoms in total. The predicted octanol–water partition coefficient (Wildman–Crippen LogP) is 2.97. The molecule has 1 unspecified atom stereocenters. The smallest absolute Gasteiger partial charge is 0.269 e. The molecule has 0 saturated carbocycles. The van der Waals surface area contributed by atoms with Gasteiger partial charge in [0.05, 0.1) is 10.3 Å². The fraction of sp³-hybridized carbons (Fsp3) is 0.500. The van der Waals surface area contributed by atoms with Gasteiger partial charge in [0.2, 0.25) is 0 Å². The van der Waals surface area contributed by atoms with Gasteiger partial charge in [0, 0.05) is 18.7 Å². The molecule has 1 heterocycles. The molecular formula is C12H15ClN2O2. The highest BCUT2D eigenvalue weighted by molar-refractivity contribution is 6.21. The number of nitro benzene ring substituents is 1. The minimum atomic E-state index is -0.386. The molecule has 1 atom stereocenters. The summed E-state index contributed by atoms with van der Waals surface area (Å²) in [4.78, 5) is 12.6. The third-order valence-corrected chi connectivity index (χ3v) is 3.45. The van der Waals surface area contributed by atoms with Crippen LogP contribution in [0.3, 0.4) is 0 Å². The van der Waals surface area contributed by atoms with Gasteiger partial charge in [0.1, 0.15) is 0 Å². The molecule has 1 aromatic rings. The van der Waals surface area contributed by atoms with Crippen molar-refractivity contribution in [2.75, 3.05) is 19.6 Å². The summed E-state index contributed by atoms with van der Waals surface area (Å²) in [6.45, 7) is 2.93. The van der Waals surface area contributed by atoms with Crippen LogP contribution in [0.15, 0.2) is 24.3 Å². The first-order chi connectivity index (χ1) is 8.16. The number of hydrogen-bond donors (Lipinski definition) is 0. The van der Waals surface area contributed by atoms with Crippen molar-refractivity contribution in [3.63, 3.8) is 0 Å². The van der Waals surface area contributed by atoms with E-state index in [-0.39, 0.29) is 16.0 Å². The zero-order valence-electron chi connectivity index (χ0n) is 9.51. The third-order valence-electron chi connectivity index (χ3n) is 3.06. The Morgan fingerprint density at radius 3 is 2.76 bits per heavy atom. The zero-order chi connectivity index (χ0) is 12.3. The van der Waals surface area contributed by atoms with Crippen molar-refractivity contribution in [2.45, 2.75) is 18.2 Å². The van der Waals surface area contributed by atoms with Crippen molar-refractivity contribution < 1.29 is 4.92 Å². The van der Waals surface area contributed by atoms with Gasteiger partial charge in [-0.3, -0.25) is 10.1 Å². The largest absolute Gasteiger partial charge is 0.302 e. The quantitative estimate of drug-likeness (QED) is 0.471. The van der Waals surface area contributed by atoms with E-state index in [4.69, 9.17) is 11.6 Å². The molecule has 1 aliphatic heterocycles. The van der Waals surface area contributed by atoms with Gasteiger partial charge in [-0.15, -0.1) is 11.6 Å². The van der Waals surface area contributed by atoms with Gasteiger partial charge in [0.25, 0.3) is 5.69 Å². The summed E-state index contributed by atoms with van der Waals surface area (Å²) in [5.74, 6) is 0. The zero-order valence-corrected chi connectivity index (χ0v) is 10.3. The molecule has 5 heteroatoms. The average Bonchev–Trinajstić information content (AvgIpc) is 2.82. The molecule has 2 rings (SSSR count). The van der Waals surface area contributed by atoms with Crippen LogP contribution in [0.5, 0.6) is 0 Å². The van der Waals surface area contributed by atoms with E-state index in [2.05, 4.69) is 4.90 Å². The molecule has 1 saturated heterocycles. The molecule has 0 bridgehead atoms. The van der Waals surface area contributed by atoms with E-state index < -0.39 is 0 Å². The number of rotatable bonds is 4. The first kappa shape index (κ1) is 12.3. The first-order valence-electron chi connectivity index (χ1n) is 5.77. The van der Waals surface area contributed by atoms with Crippen LogP contribution in [0.1, 0.15) is 23.8 Å². The van der Waals surface area contributed by atoms with Gasteiger partial charge in [0.15, 0.2) is 0 Å². The van der Waals surface area contributed by atoms with Gasteiger partial charge in [-0.1, -0.05) is 12.1 Å². The molecule has 1 aromatic carbocycles. The fourth-order valence-electron chi connectivity index (χ4n) is 2.13. The highest BCUT2D eigenvalue weighted by atomic mass is 35.5. The Kier molecular flexibility index (Phi) is 3.97. The van der Waals surface area contributed by atoms with Crippen molar-refractivity contribution in [1.82, 2.24) is 4.90 Å². The van der Waals surface area contributed by atoms with Crippen LogP contribution in [-0.4, -0.2) is 29.5 Å². The molecule has 0 N–H and O–H groups in total. The number of halogens is 1. The summed E-state index contributed by atoms with van der Waals surface area (Å²) in [5.41, 5.74) is 0.933. The lowest BCUT2D eigenvalue weighted by Gasteiger charge is -2.18. The maximum absolute atomic E-state index is 10.7. The Bertz CT molecular complexity index is 405. The SMILES string of the molecule is O=[N+]([O-])c1cccc(C(Cl)CN2CCCC2)c1. The molecule has 0 amide bonds. The lowest BCUT2D eigenvalue weighted by Crippen LogP contribution is -2.23. The van der Waals surface area contributed by atoms with E-state index in [0.717, 1.165) is 25.2 Å². The van der Waals surface area contributed by atoms with Crippen molar-refractivity contribution >= 4 is 17.3 Å². The second-order valence-corrected chi connectivity index (χ2v) is 4.85. The second kappa shape index (κ2) is 5.47. The highest BCUT2D eigenvalue weighted by Gasteiger charge is 2.18. The lowest BCUT2D eigenvalue weighted by molar-refractivity contribution is -0.384. The first-order valence-corrected chi connectivity index (χ1v) is 6.21. The second-order valence-electron chi connectivity index (χ2n) is 4.33. The molecule has 0 radical (unpaired) electrons. The third kappa shape index (κ3) is 3.17. The molecule has 0 aliphatic carbocycles. The Balaban J connectivity index is 2.04. The number of alkyl halides is 1. The molecule has 1 aliphatic rings. The van der Waals surface area contributed by atoms with E-state index >= 15 is 0 Å². The highest BCUT2D eigenvalue weighted by Crippen LogP contribution is 2.26. The van der Waals surface area contributed by atoms with E-state index in [0.29, 0.717) is 0 Å². The van der Waals surface area contributed by atoms with Crippen LogP contribution < -0.4 is 0 Å². The number of non-ortho nitro benzene ring substituents is 1. The Morgan fingerprint density at radius 2 is 2.12 bits per heavy atom. The van der Waals surface area contributed by atoms with Crippen LogP contribution in [0.25, 0.3) is 0 Å². The Labute approximate surface area is 105 Å². The Hall–Kier alpha value is -1.13. The van der Waals surface area contributed by atoms with Crippen molar-refractivity contribution in [2.24, 2.45) is 0 Å². The summed E-state index contributed by atoms with van der Waals surface area (Å²) < 4.78 is 0. The van der Waals surface area contributed by atoms with Gasteiger partial charge >= 0.3 is 0 Å². The van der Waals surface area contributed by atoms with Crippen LogP contribution in [0.4, 0.5) is 5.69 Å². The minimum absolute atomic E-state index is 0.106. The van der Waals surface area contributed by atoms with Crippen LogP contribution in [0, 0.1) is 10.1 Å². The normalized spacial score (nSPS) is 18.2. The molecule has 17 heavy (non-hydrogen) atoms. The van der Waals surface area contributed by atoms with E-state index in [9.17, 15) is 10.1 Å². The molecule has 1 fully saturated rings. The summed E-state index contributed by atoms with van der Waals surface area (Å²) in [5, 5.41) is 10.5. The maximum atomic E-state index is 10.7. The molecule has 0 spiro atoms. The van der Waals surface area contributed by atoms with Crippen LogP contribution >= 0.6 is 11.6 Å². The van der Waals surface area contributed by atoms with Gasteiger partial charge in [-0.2, -0.15) is 0 Å². The number of nitrogens with zero attached hydrogens (tertiary/aromatic N) is 2. The number of hydrogen-bond acceptors (Lipinski definition) is 3. The predicted molar refractivity (Wildman–Crippen MR) is 67.4 cm³/mol. The summed E-state index contributed by atoms with van der Waals surface area (Å²) >= 11 is 6.30. The van der Waals surface area contributed by atoms with Gasteiger partial charge in [-0.05, 0) is 31.5 Å². The van der Waals surface area contributed by atoms with E-state index in [1.165, 1.54) is 18.9 Å². The number of nitro groups is 1. The minimum Gasteiger partial charge on any atom is -0.302 e. The topological polar surface area (TPSA) is 46.4 Å². The lowest BCUT2D eigenvalue weighted by atomic mass is 10.1. The van der Waals surface area contributed by atoms with Gasteiger partial charge < -0.3 is 4.90 Å². The fourth-order valence-corrected chi connectivity index (χ4v) is 2.46. The van der Waals surface area contributed by atoms with Crippen molar-refractivity contribution in [3.8, 4) is 0 Å². The maximum Gasteiger partial charge on any atom is 0.269 e. The summed E-state index contributed by atoms with van der Waals surface area (Å²) in [7, 11) is 0. The van der Waals surface area contributed by atoms with E-state index in [1.807, 2.05) is 6.07 Å². The van der Waals surface area contributed by atoms with Crippen molar-refractivity contribution in [3.05, 3.63) is 39.9 Å². The molecule has 92 valence electrons. The van der Waals surface area contributed by atoms with Gasteiger partial charge in [-0.25, -0.2) is 0 Å². The monoisotopic (exact) mass is 254 g/mol. The number of likely N-dealkylation sites (tertiary alicyclic amines) is 1. The molecular weight excluding hydrogens is 240 g/mol. The van der Waals surface area contributed by atoms with Crippen LogP contribution in [0.2, 0.25) is 0 Å². The van der Waals surface area contributed by atoms with E-state index in [1.54, 1.807) is 12.1 Å². The van der Waals surface area contributed by atoms with Crippen molar-refractivity contribution in [1.29, 1.82) is 0 Å². The van der Waals surface area contributed by atoms with Crippen LogP contribution in [-0.2, 0) is 0 Å². The Morgan fingerprint density at radius 1 is 1.41 bits per heavy atom. The molecule has 0 aromatic heterocycles. The summed E-state index contributed by atoms with van der Waals surface area (Å²) in [6.07, 6.45) is 2.44. The average molecular weight is 255 g/mol. The summed E-state index contributed by atoms with van der Waals surface area (Å²) in [6, 6.07) is 6.59.